The molecule has 4 rings (SSSR count). The van der Waals surface area contributed by atoms with E-state index in [2.05, 4.69) is 16.3 Å². The molecule has 2 aliphatic rings. The quantitative estimate of drug-likeness (QED) is 0.751. The van der Waals surface area contributed by atoms with Gasteiger partial charge in [-0.15, -0.1) is 0 Å². The maximum atomic E-state index is 12.1. The molecule has 0 saturated carbocycles. The van der Waals surface area contributed by atoms with Crippen LogP contribution in [0.1, 0.15) is 29.6 Å². The summed E-state index contributed by atoms with van der Waals surface area (Å²) in [5.74, 6) is 2.09. The van der Waals surface area contributed by atoms with Crippen molar-refractivity contribution in [3.8, 4) is 17.2 Å². The summed E-state index contributed by atoms with van der Waals surface area (Å²) >= 11 is 0. The summed E-state index contributed by atoms with van der Waals surface area (Å²) in [7, 11) is 0. The average molecular weight is 382 g/mol. The van der Waals surface area contributed by atoms with E-state index in [1.54, 1.807) is 18.2 Å². The smallest absolute Gasteiger partial charge is 0.255 e. The molecular weight excluding hydrogens is 356 g/mol. The molecule has 6 heteroatoms. The highest BCUT2D eigenvalue weighted by molar-refractivity contribution is 5.96. The number of amides is 1. The fourth-order valence-electron chi connectivity index (χ4n) is 3.95. The monoisotopic (exact) mass is 382 g/mol. The van der Waals surface area contributed by atoms with E-state index in [-0.39, 0.29) is 11.7 Å². The van der Waals surface area contributed by atoms with Gasteiger partial charge < -0.3 is 24.8 Å². The molecule has 2 aliphatic heterocycles. The van der Waals surface area contributed by atoms with Gasteiger partial charge in [-0.2, -0.15) is 0 Å². The number of benzene rings is 2. The number of carbonyl (C=O) groups excluding carboxylic acids is 1. The lowest BCUT2D eigenvalue weighted by Gasteiger charge is -2.26. The zero-order valence-electron chi connectivity index (χ0n) is 15.9. The summed E-state index contributed by atoms with van der Waals surface area (Å²) < 4.78 is 11.5. The molecule has 2 aromatic carbocycles. The van der Waals surface area contributed by atoms with Crippen molar-refractivity contribution in [2.24, 2.45) is 5.92 Å². The predicted octanol–water partition coefficient (Wildman–Crippen LogP) is 3.20. The number of hydrogen-bond donors (Lipinski definition) is 2. The molecule has 0 aromatic heterocycles. The largest absolute Gasteiger partial charge is 0.507 e. The Morgan fingerprint density at radius 3 is 2.89 bits per heavy atom. The van der Waals surface area contributed by atoms with Gasteiger partial charge in [0, 0.05) is 19.6 Å². The average Bonchev–Trinajstić information content (AvgIpc) is 3.20. The van der Waals surface area contributed by atoms with Crippen LogP contribution >= 0.6 is 0 Å². The third kappa shape index (κ3) is 4.01. The molecule has 148 valence electrons. The van der Waals surface area contributed by atoms with Gasteiger partial charge in [0.05, 0.1) is 11.3 Å². The molecule has 1 atom stereocenters. The van der Waals surface area contributed by atoms with E-state index in [0.29, 0.717) is 31.2 Å². The number of anilines is 1. The highest BCUT2D eigenvalue weighted by Gasteiger charge is 2.26. The van der Waals surface area contributed by atoms with Crippen molar-refractivity contribution in [2.75, 3.05) is 37.7 Å². The molecule has 6 nitrogen and oxygen atoms in total. The third-order valence-corrected chi connectivity index (χ3v) is 5.40. The van der Waals surface area contributed by atoms with Gasteiger partial charge >= 0.3 is 0 Å². The second-order valence-corrected chi connectivity index (χ2v) is 7.32. The number of carbonyl (C=O) groups is 1. The number of nitrogens with zero attached hydrogens (tertiary/aromatic N) is 1. The maximum Gasteiger partial charge on any atom is 0.255 e. The van der Waals surface area contributed by atoms with Crippen molar-refractivity contribution in [3.63, 3.8) is 0 Å². The summed E-state index contributed by atoms with van der Waals surface area (Å²) in [5, 5.41) is 12.6. The van der Waals surface area contributed by atoms with Crippen LogP contribution in [0.3, 0.4) is 0 Å². The fraction of sp³-hybridized carbons (Fsp3) is 0.409. The number of ether oxygens (including phenoxy) is 2. The Bertz CT molecular complexity index is 839. The van der Waals surface area contributed by atoms with Gasteiger partial charge in [0.25, 0.3) is 5.91 Å². The second kappa shape index (κ2) is 8.42. The lowest BCUT2D eigenvalue weighted by molar-refractivity contribution is 0.0950. The molecule has 0 bridgehead atoms. The molecule has 28 heavy (non-hydrogen) atoms. The summed E-state index contributed by atoms with van der Waals surface area (Å²) in [4.78, 5) is 14.5. The number of fused-ring (bicyclic) bond motifs is 1. The van der Waals surface area contributed by atoms with Crippen LogP contribution in [0.15, 0.2) is 42.5 Å². The van der Waals surface area contributed by atoms with Gasteiger partial charge in [-0.1, -0.05) is 18.2 Å². The SMILES string of the molecule is O=C(NCCCC1CCN(c2cccc3c2OCCO3)C1)c1ccccc1O. The van der Waals surface area contributed by atoms with E-state index < -0.39 is 0 Å². The van der Waals surface area contributed by atoms with Gasteiger partial charge in [-0.3, -0.25) is 4.79 Å². The minimum absolute atomic E-state index is 0.0174. The summed E-state index contributed by atoms with van der Waals surface area (Å²) in [6.45, 7) is 3.81. The molecule has 2 heterocycles. The van der Waals surface area contributed by atoms with Gasteiger partial charge in [-0.25, -0.2) is 0 Å². The van der Waals surface area contributed by atoms with Crippen LogP contribution in [0.2, 0.25) is 0 Å². The van der Waals surface area contributed by atoms with E-state index in [1.165, 1.54) is 6.07 Å². The first kappa shape index (κ1) is 18.5. The van der Waals surface area contributed by atoms with Crippen molar-refractivity contribution in [1.82, 2.24) is 5.32 Å². The number of rotatable bonds is 6. The normalized spacial score (nSPS) is 18.1. The molecule has 0 spiro atoms. The number of phenolic OH excluding ortho intramolecular Hbond substituents is 1. The molecule has 0 radical (unpaired) electrons. The highest BCUT2D eigenvalue weighted by atomic mass is 16.6. The predicted molar refractivity (Wildman–Crippen MR) is 107 cm³/mol. The van der Waals surface area contributed by atoms with Gasteiger partial charge in [-0.05, 0) is 49.4 Å². The van der Waals surface area contributed by atoms with E-state index in [9.17, 15) is 9.90 Å². The molecule has 2 aromatic rings. The number of nitrogens with one attached hydrogen (secondary N) is 1. The first-order valence-corrected chi connectivity index (χ1v) is 9.92. The van der Waals surface area contributed by atoms with Gasteiger partial charge in [0.1, 0.15) is 19.0 Å². The van der Waals surface area contributed by atoms with Crippen molar-refractivity contribution in [1.29, 1.82) is 0 Å². The summed E-state index contributed by atoms with van der Waals surface area (Å²) in [6, 6.07) is 12.7. The Morgan fingerprint density at radius 1 is 1.14 bits per heavy atom. The van der Waals surface area contributed by atoms with Crippen molar-refractivity contribution in [3.05, 3.63) is 48.0 Å². The van der Waals surface area contributed by atoms with Crippen LogP contribution in [0.5, 0.6) is 17.2 Å². The lowest BCUT2D eigenvalue weighted by atomic mass is 10.0. The number of aromatic hydroxyl groups is 1. The van der Waals surface area contributed by atoms with Crippen LogP contribution in [-0.2, 0) is 0 Å². The summed E-state index contributed by atoms with van der Waals surface area (Å²) in [5.41, 5.74) is 1.44. The highest BCUT2D eigenvalue weighted by Crippen LogP contribution is 2.41. The first-order valence-electron chi connectivity index (χ1n) is 9.92. The Labute approximate surface area is 165 Å². The second-order valence-electron chi connectivity index (χ2n) is 7.32. The number of para-hydroxylation sites is 2. The van der Waals surface area contributed by atoms with Crippen LogP contribution in [0.4, 0.5) is 5.69 Å². The molecule has 0 aliphatic carbocycles. The van der Waals surface area contributed by atoms with Gasteiger partial charge in [0.15, 0.2) is 11.5 Å². The minimum atomic E-state index is -0.223. The lowest BCUT2D eigenvalue weighted by Crippen LogP contribution is -2.25. The van der Waals surface area contributed by atoms with E-state index >= 15 is 0 Å². The van der Waals surface area contributed by atoms with Crippen LogP contribution in [0, 0.1) is 5.92 Å². The molecule has 1 fully saturated rings. The van der Waals surface area contributed by atoms with Crippen LogP contribution in [-0.4, -0.2) is 43.9 Å². The number of phenols is 1. The molecule has 1 amide bonds. The van der Waals surface area contributed by atoms with Crippen LogP contribution in [0.25, 0.3) is 0 Å². The Balaban J connectivity index is 1.25. The first-order chi connectivity index (χ1) is 13.7. The topological polar surface area (TPSA) is 71.0 Å². The maximum absolute atomic E-state index is 12.1. The standard InChI is InChI=1S/C22H26N2O4/c25-19-8-2-1-6-17(19)22(26)23-11-4-5-16-10-12-24(15-16)18-7-3-9-20-21(18)28-14-13-27-20/h1-3,6-9,16,25H,4-5,10-15H2,(H,23,26). The minimum Gasteiger partial charge on any atom is -0.507 e. The Kier molecular flexibility index (Phi) is 5.55. The van der Waals surface area contributed by atoms with Crippen molar-refractivity contribution < 1.29 is 19.4 Å². The Morgan fingerprint density at radius 2 is 2.00 bits per heavy atom. The van der Waals surface area contributed by atoms with Crippen LogP contribution < -0.4 is 19.7 Å². The zero-order valence-corrected chi connectivity index (χ0v) is 15.9. The van der Waals surface area contributed by atoms with E-state index in [0.717, 1.165) is 49.5 Å². The third-order valence-electron chi connectivity index (χ3n) is 5.40. The van der Waals surface area contributed by atoms with E-state index in [1.807, 2.05) is 12.1 Å². The Hall–Kier alpha value is -2.89. The molecule has 1 saturated heterocycles. The summed E-state index contributed by atoms with van der Waals surface area (Å²) in [6.07, 6.45) is 3.12. The number of hydrogen-bond acceptors (Lipinski definition) is 5. The zero-order chi connectivity index (χ0) is 19.3. The van der Waals surface area contributed by atoms with Gasteiger partial charge in [0.2, 0.25) is 0 Å². The van der Waals surface area contributed by atoms with Crippen molar-refractivity contribution >= 4 is 11.6 Å². The molecule has 2 N–H and O–H groups in total. The molecule has 1 unspecified atom stereocenters. The van der Waals surface area contributed by atoms with Crippen molar-refractivity contribution in [2.45, 2.75) is 19.3 Å². The fourth-order valence-corrected chi connectivity index (χ4v) is 3.95. The molecular formula is C22H26N2O4. The van der Waals surface area contributed by atoms with E-state index in [4.69, 9.17) is 9.47 Å².